The van der Waals surface area contributed by atoms with Gasteiger partial charge in [-0.15, -0.1) is 0 Å². The summed E-state index contributed by atoms with van der Waals surface area (Å²) in [5.41, 5.74) is -0.126. The Kier molecular flexibility index (Phi) is 3.50. The summed E-state index contributed by atoms with van der Waals surface area (Å²) in [6, 6.07) is 1.66. The van der Waals surface area contributed by atoms with Crippen LogP contribution in [-0.2, 0) is 9.59 Å². The van der Waals surface area contributed by atoms with Gasteiger partial charge >= 0.3 is 0 Å². The quantitative estimate of drug-likeness (QED) is 0.773. The van der Waals surface area contributed by atoms with Crippen molar-refractivity contribution < 1.29 is 9.59 Å². The molecule has 6 nitrogen and oxygen atoms in total. The van der Waals surface area contributed by atoms with Crippen molar-refractivity contribution in [3.8, 4) is 0 Å². The van der Waals surface area contributed by atoms with Gasteiger partial charge in [0, 0.05) is 24.9 Å². The number of rotatable bonds is 2. The Bertz CT molecular complexity index is 481. The van der Waals surface area contributed by atoms with Crippen LogP contribution in [0.5, 0.6) is 0 Å². The number of nitrogens with one attached hydrogen (secondary N) is 2. The first-order chi connectivity index (χ1) is 8.89. The molecule has 1 aliphatic rings. The molecule has 102 valence electrons. The van der Waals surface area contributed by atoms with Crippen molar-refractivity contribution in [3.63, 3.8) is 0 Å². The smallest absolute Gasteiger partial charge is 0.239 e. The topological polar surface area (TPSA) is 84.0 Å². The Hall–Kier alpha value is -1.98. The highest BCUT2D eigenvalue weighted by Crippen LogP contribution is 2.35. The molecular weight excluding hydrogens is 244 g/mol. The first-order valence-electron chi connectivity index (χ1n) is 6.25. The number of aromatic nitrogens is 2. The van der Waals surface area contributed by atoms with Crippen molar-refractivity contribution in [1.82, 2.24) is 15.3 Å². The summed E-state index contributed by atoms with van der Waals surface area (Å²) < 4.78 is 0. The Morgan fingerprint density at radius 3 is 2.58 bits per heavy atom. The Labute approximate surface area is 112 Å². The van der Waals surface area contributed by atoms with Crippen LogP contribution in [0.3, 0.4) is 0 Å². The van der Waals surface area contributed by atoms with Crippen LogP contribution in [0.4, 0.5) is 5.95 Å². The van der Waals surface area contributed by atoms with E-state index >= 15 is 0 Å². The van der Waals surface area contributed by atoms with Gasteiger partial charge in [0.15, 0.2) is 0 Å². The maximum Gasteiger partial charge on any atom is 0.239 e. The van der Waals surface area contributed by atoms with Crippen LogP contribution < -0.4 is 10.6 Å². The summed E-state index contributed by atoms with van der Waals surface area (Å²) in [6.45, 7) is 6.60. The summed E-state index contributed by atoms with van der Waals surface area (Å²) in [4.78, 5) is 31.9. The molecule has 0 saturated carbocycles. The van der Waals surface area contributed by atoms with E-state index in [0.29, 0.717) is 6.54 Å². The fraction of sp³-hybridized carbons (Fsp3) is 0.538. The number of carbonyl (C=O) groups is 2. The van der Waals surface area contributed by atoms with Crippen molar-refractivity contribution in [3.05, 3.63) is 18.5 Å². The van der Waals surface area contributed by atoms with Gasteiger partial charge in [-0.25, -0.2) is 9.97 Å². The van der Waals surface area contributed by atoms with Crippen molar-refractivity contribution in [2.24, 2.45) is 17.3 Å². The van der Waals surface area contributed by atoms with Gasteiger partial charge in [0.05, 0.1) is 0 Å². The molecule has 2 atom stereocenters. The van der Waals surface area contributed by atoms with E-state index in [2.05, 4.69) is 20.6 Å². The highest BCUT2D eigenvalue weighted by Gasteiger charge is 2.45. The molecule has 0 radical (unpaired) electrons. The monoisotopic (exact) mass is 262 g/mol. The van der Waals surface area contributed by atoms with Crippen LogP contribution in [0.15, 0.2) is 18.5 Å². The third-order valence-corrected chi connectivity index (χ3v) is 3.38. The number of nitrogens with zero attached hydrogens (tertiary/aromatic N) is 2. The van der Waals surface area contributed by atoms with Crippen molar-refractivity contribution in [1.29, 1.82) is 0 Å². The van der Waals surface area contributed by atoms with Gasteiger partial charge in [-0.3, -0.25) is 14.9 Å². The minimum atomic E-state index is -0.691. The Morgan fingerprint density at radius 2 is 2.00 bits per heavy atom. The van der Waals surface area contributed by atoms with E-state index in [9.17, 15) is 9.59 Å². The molecule has 6 heteroatoms. The molecule has 2 heterocycles. The van der Waals surface area contributed by atoms with Crippen LogP contribution >= 0.6 is 0 Å². The van der Waals surface area contributed by atoms with E-state index in [1.807, 2.05) is 20.8 Å². The average Bonchev–Trinajstić information content (AvgIpc) is 2.72. The minimum Gasteiger partial charge on any atom is -0.355 e. The fourth-order valence-corrected chi connectivity index (χ4v) is 2.28. The summed E-state index contributed by atoms with van der Waals surface area (Å²) in [5.74, 6) is -1.08. The lowest BCUT2D eigenvalue weighted by Crippen LogP contribution is -2.37. The molecule has 1 aromatic rings. The molecule has 2 amide bonds. The van der Waals surface area contributed by atoms with Crippen LogP contribution in [-0.4, -0.2) is 28.3 Å². The summed E-state index contributed by atoms with van der Waals surface area (Å²) >= 11 is 0. The minimum absolute atomic E-state index is 0.0382. The Morgan fingerprint density at radius 1 is 1.37 bits per heavy atom. The highest BCUT2D eigenvalue weighted by atomic mass is 16.2. The standard InChI is InChI=1S/C13H18N4O2/c1-13(2,3)8-7-16-10(18)9(8)11(19)17-12-14-5-4-6-15-12/h4-6,8-9H,7H2,1-3H3,(H,16,18)(H,14,15,17,19)/t8-,9-/m0/s1. The van der Waals surface area contributed by atoms with Crippen LogP contribution in [0.1, 0.15) is 20.8 Å². The number of amides is 2. The van der Waals surface area contributed by atoms with E-state index in [1.54, 1.807) is 18.5 Å². The molecule has 19 heavy (non-hydrogen) atoms. The molecule has 0 bridgehead atoms. The third-order valence-electron chi connectivity index (χ3n) is 3.38. The zero-order valence-corrected chi connectivity index (χ0v) is 11.3. The SMILES string of the molecule is CC(C)(C)[C@H]1CNC(=O)[C@H]1C(=O)Nc1ncccn1. The van der Waals surface area contributed by atoms with E-state index in [4.69, 9.17) is 0 Å². The normalized spacial score (nSPS) is 23.0. The average molecular weight is 262 g/mol. The summed E-state index contributed by atoms with van der Waals surface area (Å²) in [6.07, 6.45) is 3.08. The number of hydrogen-bond donors (Lipinski definition) is 2. The van der Waals surface area contributed by atoms with E-state index in [1.165, 1.54) is 0 Å². The molecule has 0 aliphatic carbocycles. The van der Waals surface area contributed by atoms with Crippen molar-refractivity contribution in [2.75, 3.05) is 11.9 Å². The predicted octanol–water partition coefficient (Wildman–Crippen LogP) is 0.823. The van der Waals surface area contributed by atoms with E-state index in [0.717, 1.165) is 0 Å². The van der Waals surface area contributed by atoms with E-state index in [-0.39, 0.29) is 29.1 Å². The van der Waals surface area contributed by atoms with Gasteiger partial charge < -0.3 is 5.32 Å². The molecule has 2 N–H and O–H groups in total. The van der Waals surface area contributed by atoms with Gasteiger partial charge in [0.1, 0.15) is 5.92 Å². The lowest BCUT2D eigenvalue weighted by Gasteiger charge is -2.29. The first-order valence-corrected chi connectivity index (χ1v) is 6.25. The molecule has 0 unspecified atom stereocenters. The van der Waals surface area contributed by atoms with Gasteiger partial charge in [-0.1, -0.05) is 20.8 Å². The second-order valence-corrected chi connectivity index (χ2v) is 5.76. The third kappa shape index (κ3) is 2.89. The molecule has 1 fully saturated rings. The van der Waals surface area contributed by atoms with Crippen LogP contribution in [0, 0.1) is 17.3 Å². The maximum atomic E-state index is 12.2. The lowest BCUT2D eigenvalue weighted by atomic mass is 9.74. The zero-order chi connectivity index (χ0) is 14.0. The largest absolute Gasteiger partial charge is 0.355 e. The molecule has 1 aliphatic heterocycles. The van der Waals surface area contributed by atoms with Gasteiger partial charge in [-0.2, -0.15) is 0 Å². The maximum absolute atomic E-state index is 12.2. The van der Waals surface area contributed by atoms with Crippen LogP contribution in [0.2, 0.25) is 0 Å². The first kappa shape index (κ1) is 13.5. The van der Waals surface area contributed by atoms with E-state index < -0.39 is 5.92 Å². The van der Waals surface area contributed by atoms with Crippen molar-refractivity contribution in [2.45, 2.75) is 20.8 Å². The summed E-state index contributed by atoms with van der Waals surface area (Å²) in [5, 5.41) is 5.35. The van der Waals surface area contributed by atoms with Crippen LogP contribution in [0.25, 0.3) is 0 Å². The second kappa shape index (κ2) is 4.95. The molecule has 0 aromatic carbocycles. The number of hydrogen-bond acceptors (Lipinski definition) is 4. The van der Waals surface area contributed by atoms with Crippen molar-refractivity contribution >= 4 is 17.8 Å². The van der Waals surface area contributed by atoms with Gasteiger partial charge in [0.2, 0.25) is 17.8 Å². The zero-order valence-electron chi connectivity index (χ0n) is 11.3. The second-order valence-electron chi connectivity index (χ2n) is 5.76. The molecule has 2 rings (SSSR count). The molecule has 1 saturated heterocycles. The predicted molar refractivity (Wildman–Crippen MR) is 70.1 cm³/mol. The summed E-state index contributed by atoms with van der Waals surface area (Å²) in [7, 11) is 0. The number of carbonyl (C=O) groups excluding carboxylic acids is 2. The molecule has 1 aromatic heterocycles. The molecular formula is C13H18N4O2. The Balaban J connectivity index is 2.15. The van der Waals surface area contributed by atoms with Gasteiger partial charge in [0.25, 0.3) is 0 Å². The fourth-order valence-electron chi connectivity index (χ4n) is 2.28. The highest BCUT2D eigenvalue weighted by molar-refractivity contribution is 6.07. The lowest BCUT2D eigenvalue weighted by molar-refractivity contribution is -0.132. The molecule has 0 spiro atoms. The number of anilines is 1. The van der Waals surface area contributed by atoms with Gasteiger partial charge in [-0.05, 0) is 11.5 Å².